The first kappa shape index (κ1) is 14.8. The van der Waals surface area contributed by atoms with Crippen molar-refractivity contribution in [2.45, 2.75) is 26.0 Å². The first-order chi connectivity index (χ1) is 6.90. The summed E-state index contributed by atoms with van der Waals surface area (Å²) in [5.41, 5.74) is 0. The van der Waals surface area contributed by atoms with E-state index >= 15 is 0 Å². The number of rotatable bonds is 8. The van der Waals surface area contributed by atoms with Gasteiger partial charge in [-0.15, -0.1) is 0 Å². The molecule has 7 heteroatoms. The Labute approximate surface area is 90.3 Å². The van der Waals surface area contributed by atoms with Gasteiger partial charge in [0.05, 0.1) is 16.7 Å². The van der Waals surface area contributed by atoms with Crippen molar-refractivity contribution >= 4 is 10.1 Å². The summed E-state index contributed by atoms with van der Waals surface area (Å²) in [6.07, 6.45) is -0.326. The zero-order valence-corrected chi connectivity index (χ0v) is 9.61. The Morgan fingerprint density at radius 2 is 2.00 bits per heavy atom. The summed E-state index contributed by atoms with van der Waals surface area (Å²) in [4.78, 5) is 1.55. The van der Waals surface area contributed by atoms with Crippen LogP contribution in [0.15, 0.2) is 0 Å². The molecule has 0 aromatic carbocycles. The predicted molar refractivity (Wildman–Crippen MR) is 54.1 cm³/mol. The van der Waals surface area contributed by atoms with Crippen LogP contribution < -0.4 is 0 Å². The van der Waals surface area contributed by atoms with Crippen LogP contribution in [0.1, 0.15) is 19.8 Å². The monoisotopic (exact) mass is 240 g/mol. The van der Waals surface area contributed by atoms with Crippen LogP contribution in [0.5, 0.6) is 0 Å². The lowest BCUT2D eigenvalue weighted by Crippen LogP contribution is -2.39. The van der Waals surface area contributed by atoms with Crippen LogP contribution in [0.4, 0.5) is 0 Å². The molecule has 0 bridgehead atoms. The highest BCUT2D eigenvalue weighted by molar-refractivity contribution is 7.85. The quantitative estimate of drug-likeness (QED) is 0.414. The molecule has 0 fully saturated rings. The lowest BCUT2D eigenvalue weighted by molar-refractivity contribution is -0.00731. The molecule has 1 unspecified atom stereocenters. The predicted octanol–water partition coefficient (Wildman–Crippen LogP) is -1.06. The Bertz CT molecular complexity index is 248. The largest absolute Gasteiger partial charge is 0.748 e. The molecule has 0 aromatic heterocycles. The summed E-state index contributed by atoms with van der Waals surface area (Å²) in [7, 11) is -4.28. The molecule has 92 valence electrons. The molecule has 0 rings (SSSR count). The fourth-order valence-corrected chi connectivity index (χ4v) is 1.76. The molecule has 6 nitrogen and oxygen atoms in total. The molecule has 0 spiro atoms. The minimum Gasteiger partial charge on any atom is -0.748 e. The van der Waals surface area contributed by atoms with Crippen molar-refractivity contribution in [2.24, 2.45) is 0 Å². The Morgan fingerprint density at radius 3 is 2.40 bits per heavy atom. The number of aliphatic hydroxyl groups excluding tert-OH is 2. The van der Waals surface area contributed by atoms with Gasteiger partial charge in [-0.05, 0) is 12.8 Å². The second-order valence-electron chi connectivity index (χ2n) is 3.29. The standard InChI is InChI=1S/C8H19NO5S/c1-2-4-9(5-6-10)8(11)3-7-15(12,13)14/h8,10-11H,2-7H2,1H3,(H,12,13,14)/p-1. The Morgan fingerprint density at radius 1 is 1.40 bits per heavy atom. The summed E-state index contributed by atoms with van der Waals surface area (Å²) in [5.74, 6) is -0.584. The summed E-state index contributed by atoms with van der Waals surface area (Å²) < 4.78 is 31.0. The first-order valence-electron chi connectivity index (χ1n) is 4.87. The molecule has 1 atom stereocenters. The van der Waals surface area contributed by atoms with E-state index in [9.17, 15) is 18.1 Å². The molecular weight excluding hydrogens is 222 g/mol. The van der Waals surface area contributed by atoms with Gasteiger partial charge < -0.3 is 14.8 Å². The molecule has 0 saturated heterocycles. The van der Waals surface area contributed by atoms with Crippen molar-refractivity contribution in [1.29, 1.82) is 0 Å². The molecular formula is C8H18NO5S-. The highest BCUT2D eigenvalue weighted by atomic mass is 32.2. The van der Waals surface area contributed by atoms with E-state index in [0.29, 0.717) is 6.54 Å². The van der Waals surface area contributed by atoms with E-state index in [1.165, 1.54) is 0 Å². The molecule has 0 amide bonds. The highest BCUT2D eigenvalue weighted by Gasteiger charge is 2.14. The van der Waals surface area contributed by atoms with Crippen LogP contribution in [-0.4, -0.2) is 59.8 Å². The van der Waals surface area contributed by atoms with Crippen LogP contribution in [0, 0.1) is 0 Å². The van der Waals surface area contributed by atoms with Crippen molar-refractivity contribution in [3.05, 3.63) is 0 Å². The van der Waals surface area contributed by atoms with Gasteiger partial charge in [0.25, 0.3) is 0 Å². The van der Waals surface area contributed by atoms with E-state index in [4.69, 9.17) is 5.11 Å². The van der Waals surface area contributed by atoms with Gasteiger partial charge >= 0.3 is 0 Å². The fourth-order valence-electron chi connectivity index (χ4n) is 1.26. The number of aliphatic hydroxyl groups is 2. The van der Waals surface area contributed by atoms with Crippen molar-refractivity contribution in [3.63, 3.8) is 0 Å². The third kappa shape index (κ3) is 7.69. The SMILES string of the molecule is CCCN(CCO)C(O)CCS(=O)(=O)[O-]. The zero-order valence-electron chi connectivity index (χ0n) is 8.79. The average molecular weight is 240 g/mol. The number of nitrogens with zero attached hydrogens (tertiary/aromatic N) is 1. The minimum atomic E-state index is -4.28. The summed E-state index contributed by atoms with van der Waals surface area (Å²) in [6, 6.07) is 0. The summed E-state index contributed by atoms with van der Waals surface area (Å²) >= 11 is 0. The van der Waals surface area contributed by atoms with E-state index in [0.717, 1.165) is 6.42 Å². The molecule has 0 heterocycles. The van der Waals surface area contributed by atoms with E-state index in [1.807, 2.05) is 6.92 Å². The Balaban J connectivity index is 4.07. The molecule has 0 radical (unpaired) electrons. The molecule has 0 aromatic rings. The minimum absolute atomic E-state index is 0.110. The van der Waals surface area contributed by atoms with Gasteiger partial charge in [0, 0.05) is 18.8 Å². The first-order valence-corrected chi connectivity index (χ1v) is 6.45. The van der Waals surface area contributed by atoms with Gasteiger partial charge in [0.1, 0.15) is 6.23 Å². The third-order valence-corrected chi connectivity index (χ3v) is 2.68. The maximum absolute atomic E-state index is 10.3. The number of hydrogen-bond acceptors (Lipinski definition) is 6. The van der Waals surface area contributed by atoms with E-state index < -0.39 is 22.1 Å². The normalized spacial score (nSPS) is 14.5. The van der Waals surface area contributed by atoms with Crippen molar-refractivity contribution in [1.82, 2.24) is 4.90 Å². The third-order valence-electron chi connectivity index (χ3n) is 1.95. The van der Waals surface area contributed by atoms with E-state index in [2.05, 4.69) is 0 Å². The maximum atomic E-state index is 10.3. The lowest BCUT2D eigenvalue weighted by Gasteiger charge is -2.26. The molecule has 2 N–H and O–H groups in total. The van der Waals surface area contributed by atoms with Gasteiger partial charge in [-0.3, -0.25) is 4.90 Å². The van der Waals surface area contributed by atoms with Crippen LogP contribution in [0.25, 0.3) is 0 Å². The Hall–Kier alpha value is -0.210. The summed E-state index contributed by atoms with van der Waals surface area (Å²) in [5, 5.41) is 18.3. The van der Waals surface area contributed by atoms with E-state index in [1.54, 1.807) is 4.90 Å². The smallest absolute Gasteiger partial charge is 0.108 e. The topological polar surface area (TPSA) is 101 Å². The van der Waals surface area contributed by atoms with Crippen LogP contribution in [0.2, 0.25) is 0 Å². The highest BCUT2D eigenvalue weighted by Crippen LogP contribution is 2.03. The second kappa shape index (κ2) is 7.13. The van der Waals surface area contributed by atoms with Crippen LogP contribution in [0.3, 0.4) is 0 Å². The van der Waals surface area contributed by atoms with Crippen molar-refractivity contribution in [2.75, 3.05) is 25.4 Å². The van der Waals surface area contributed by atoms with Gasteiger partial charge in [-0.1, -0.05) is 6.92 Å². The van der Waals surface area contributed by atoms with Crippen molar-refractivity contribution < 1.29 is 23.2 Å². The number of hydrogen-bond donors (Lipinski definition) is 2. The molecule has 0 aliphatic rings. The van der Waals surface area contributed by atoms with Crippen molar-refractivity contribution in [3.8, 4) is 0 Å². The Kier molecular flexibility index (Phi) is 7.03. The average Bonchev–Trinajstić information content (AvgIpc) is 2.13. The van der Waals surface area contributed by atoms with Crippen LogP contribution in [-0.2, 0) is 10.1 Å². The summed E-state index contributed by atoms with van der Waals surface area (Å²) in [6.45, 7) is 2.62. The molecule has 0 saturated carbocycles. The molecule has 0 aliphatic carbocycles. The molecule has 0 aliphatic heterocycles. The molecule has 15 heavy (non-hydrogen) atoms. The van der Waals surface area contributed by atoms with Gasteiger partial charge in [0.2, 0.25) is 0 Å². The van der Waals surface area contributed by atoms with Crippen LogP contribution >= 0.6 is 0 Å². The lowest BCUT2D eigenvalue weighted by atomic mass is 10.3. The van der Waals surface area contributed by atoms with Gasteiger partial charge in [-0.2, -0.15) is 0 Å². The fraction of sp³-hybridized carbons (Fsp3) is 1.00. The van der Waals surface area contributed by atoms with E-state index in [-0.39, 0.29) is 19.6 Å². The van der Waals surface area contributed by atoms with Gasteiger partial charge in [0.15, 0.2) is 0 Å². The maximum Gasteiger partial charge on any atom is 0.108 e. The van der Waals surface area contributed by atoms with Gasteiger partial charge in [-0.25, -0.2) is 8.42 Å². The second-order valence-corrected chi connectivity index (χ2v) is 4.81. The zero-order chi connectivity index (χ0) is 11.9.